The quantitative estimate of drug-likeness (QED) is 0.905. The Labute approximate surface area is 119 Å². The Morgan fingerprint density at radius 3 is 2.65 bits per heavy atom. The Bertz CT molecular complexity index is 536. The minimum absolute atomic E-state index is 0.0902. The zero-order valence-electron chi connectivity index (χ0n) is 12.3. The average molecular weight is 275 g/mol. The SMILES string of the molecule is Cc1nn(C)c(NC(C)C(=O)N2CCCCC2)c1C#N. The number of likely N-dealkylation sites (tertiary alicyclic amines) is 1. The second kappa shape index (κ2) is 5.95. The highest BCUT2D eigenvalue weighted by molar-refractivity contribution is 5.84. The summed E-state index contributed by atoms with van der Waals surface area (Å²) in [5.74, 6) is 0.704. The molecule has 1 amide bonds. The van der Waals surface area contributed by atoms with Crippen molar-refractivity contribution in [2.75, 3.05) is 18.4 Å². The first kappa shape index (κ1) is 14.4. The predicted molar refractivity (Wildman–Crippen MR) is 76.2 cm³/mol. The Balaban J connectivity index is 2.09. The molecular weight excluding hydrogens is 254 g/mol. The third kappa shape index (κ3) is 2.77. The Hall–Kier alpha value is -2.03. The molecule has 0 bridgehead atoms. The Morgan fingerprint density at radius 2 is 2.05 bits per heavy atom. The fourth-order valence-electron chi connectivity index (χ4n) is 2.61. The fourth-order valence-corrected chi connectivity index (χ4v) is 2.61. The number of amides is 1. The number of carbonyl (C=O) groups is 1. The summed E-state index contributed by atoms with van der Waals surface area (Å²) in [4.78, 5) is 14.3. The first-order chi connectivity index (χ1) is 9.54. The third-order valence-electron chi connectivity index (χ3n) is 3.73. The molecule has 0 spiro atoms. The van der Waals surface area contributed by atoms with Crippen LogP contribution in [0.2, 0.25) is 0 Å². The molecule has 108 valence electrons. The number of carbonyl (C=O) groups excluding carboxylic acids is 1. The molecule has 1 fully saturated rings. The van der Waals surface area contributed by atoms with E-state index in [9.17, 15) is 10.1 Å². The lowest BCUT2D eigenvalue weighted by atomic mass is 10.1. The number of nitrogens with one attached hydrogen (secondary N) is 1. The fraction of sp³-hybridized carbons (Fsp3) is 0.643. The summed E-state index contributed by atoms with van der Waals surface area (Å²) in [7, 11) is 1.77. The summed E-state index contributed by atoms with van der Waals surface area (Å²) in [6.45, 7) is 5.29. The number of rotatable bonds is 3. The van der Waals surface area contributed by atoms with Gasteiger partial charge in [0.15, 0.2) is 0 Å². The van der Waals surface area contributed by atoms with E-state index in [2.05, 4.69) is 16.5 Å². The van der Waals surface area contributed by atoms with Gasteiger partial charge in [0.2, 0.25) is 5.91 Å². The lowest BCUT2D eigenvalue weighted by Gasteiger charge is -2.29. The second-order valence-electron chi connectivity index (χ2n) is 5.30. The van der Waals surface area contributed by atoms with Crippen LogP contribution >= 0.6 is 0 Å². The van der Waals surface area contributed by atoms with Crippen LogP contribution in [0, 0.1) is 18.3 Å². The molecule has 1 unspecified atom stereocenters. The number of hydrogen-bond acceptors (Lipinski definition) is 4. The molecule has 1 aliphatic rings. The summed E-state index contributed by atoms with van der Waals surface area (Å²) >= 11 is 0. The largest absolute Gasteiger partial charge is 0.358 e. The number of anilines is 1. The van der Waals surface area contributed by atoms with Crippen LogP contribution in [-0.2, 0) is 11.8 Å². The average Bonchev–Trinajstić information content (AvgIpc) is 2.72. The summed E-state index contributed by atoms with van der Waals surface area (Å²) in [5.41, 5.74) is 1.18. The first-order valence-corrected chi connectivity index (χ1v) is 7.03. The molecule has 1 aliphatic heterocycles. The van der Waals surface area contributed by atoms with E-state index in [0.29, 0.717) is 17.1 Å². The zero-order valence-corrected chi connectivity index (χ0v) is 12.3. The van der Waals surface area contributed by atoms with E-state index in [0.717, 1.165) is 25.9 Å². The molecule has 2 rings (SSSR count). The van der Waals surface area contributed by atoms with Gasteiger partial charge in [-0.1, -0.05) is 0 Å². The lowest BCUT2D eigenvalue weighted by molar-refractivity contribution is -0.132. The van der Waals surface area contributed by atoms with E-state index >= 15 is 0 Å². The number of nitriles is 1. The van der Waals surface area contributed by atoms with Gasteiger partial charge >= 0.3 is 0 Å². The number of hydrogen-bond donors (Lipinski definition) is 1. The van der Waals surface area contributed by atoms with Crippen LogP contribution in [0.25, 0.3) is 0 Å². The van der Waals surface area contributed by atoms with Crippen LogP contribution in [0.4, 0.5) is 5.82 Å². The summed E-state index contributed by atoms with van der Waals surface area (Å²) in [6.07, 6.45) is 3.35. The van der Waals surface area contributed by atoms with Crippen molar-refractivity contribution < 1.29 is 4.79 Å². The van der Waals surface area contributed by atoms with Gasteiger partial charge in [-0.3, -0.25) is 9.48 Å². The van der Waals surface area contributed by atoms with Crippen molar-refractivity contribution in [1.29, 1.82) is 5.26 Å². The highest BCUT2D eigenvalue weighted by Gasteiger charge is 2.24. The Kier molecular flexibility index (Phi) is 4.28. The lowest BCUT2D eigenvalue weighted by Crippen LogP contribution is -2.44. The van der Waals surface area contributed by atoms with Gasteiger partial charge < -0.3 is 10.2 Å². The van der Waals surface area contributed by atoms with Gasteiger partial charge in [-0.2, -0.15) is 10.4 Å². The van der Waals surface area contributed by atoms with Gasteiger partial charge in [0.05, 0.1) is 5.69 Å². The molecule has 1 aromatic heterocycles. The smallest absolute Gasteiger partial charge is 0.244 e. The molecule has 0 aromatic carbocycles. The molecular formula is C14H21N5O. The van der Waals surface area contributed by atoms with Gasteiger partial charge in [0, 0.05) is 20.1 Å². The number of piperidine rings is 1. The molecule has 0 aliphatic carbocycles. The van der Waals surface area contributed by atoms with Gasteiger partial charge in [0.1, 0.15) is 23.5 Å². The van der Waals surface area contributed by atoms with E-state index in [1.165, 1.54) is 6.42 Å². The normalized spacial score (nSPS) is 16.6. The molecule has 6 heteroatoms. The molecule has 0 saturated carbocycles. The number of aryl methyl sites for hydroxylation is 2. The van der Waals surface area contributed by atoms with E-state index in [4.69, 9.17) is 0 Å². The monoisotopic (exact) mass is 275 g/mol. The van der Waals surface area contributed by atoms with Crippen LogP contribution < -0.4 is 5.32 Å². The second-order valence-corrected chi connectivity index (χ2v) is 5.30. The van der Waals surface area contributed by atoms with Crippen molar-refractivity contribution in [3.05, 3.63) is 11.3 Å². The van der Waals surface area contributed by atoms with Crippen molar-refractivity contribution >= 4 is 11.7 Å². The van der Waals surface area contributed by atoms with Crippen LogP contribution in [0.1, 0.15) is 37.4 Å². The van der Waals surface area contributed by atoms with Crippen LogP contribution in [-0.4, -0.2) is 39.7 Å². The van der Waals surface area contributed by atoms with E-state index in [1.54, 1.807) is 18.7 Å². The minimum Gasteiger partial charge on any atom is -0.358 e. The van der Waals surface area contributed by atoms with Crippen molar-refractivity contribution in [2.24, 2.45) is 7.05 Å². The summed E-state index contributed by atoms with van der Waals surface area (Å²) < 4.78 is 1.62. The van der Waals surface area contributed by atoms with Gasteiger partial charge in [-0.15, -0.1) is 0 Å². The standard InChI is InChI=1S/C14H21N5O/c1-10-12(9-15)13(18(3)17-10)16-11(2)14(20)19-7-5-4-6-8-19/h11,16H,4-8H2,1-3H3. The number of aromatic nitrogens is 2. The van der Waals surface area contributed by atoms with Crippen LogP contribution in [0.15, 0.2) is 0 Å². The van der Waals surface area contributed by atoms with Crippen molar-refractivity contribution in [3.63, 3.8) is 0 Å². The van der Waals surface area contributed by atoms with Gasteiger partial charge in [-0.05, 0) is 33.1 Å². The summed E-state index contributed by atoms with van der Waals surface area (Å²) in [6, 6.07) is 1.79. The van der Waals surface area contributed by atoms with Crippen LogP contribution in [0.5, 0.6) is 0 Å². The molecule has 6 nitrogen and oxygen atoms in total. The van der Waals surface area contributed by atoms with Crippen LogP contribution in [0.3, 0.4) is 0 Å². The molecule has 1 atom stereocenters. The third-order valence-corrected chi connectivity index (χ3v) is 3.73. The van der Waals surface area contributed by atoms with Gasteiger partial charge in [-0.25, -0.2) is 0 Å². The maximum Gasteiger partial charge on any atom is 0.244 e. The summed E-state index contributed by atoms with van der Waals surface area (Å²) in [5, 5.41) is 16.5. The minimum atomic E-state index is -0.352. The number of nitrogens with zero attached hydrogens (tertiary/aromatic N) is 4. The zero-order chi connectivity index (χ0) is 14.7. The van der Waals surface area contributed by atoms with Crippen molar-refractivity contribution in [2.45, 2.75) is 39.2 Å². The highest BCUT2D eigenvalue weighted by atomic mass is 16.2. The molecule has 1 aromatic rings. The van der Waals surface area contributed by atoms with E-state index in [-0.39, 0.29) is 11.9 Å². The first-order valence-electron chi connectivity index (χ1n) is 7.03. The molecule has 20 heavy (non-hydrogen) atoms. The molecule has 0 radical (unpaired) electrons. The van der Waals surface area contributed by atoms with Gasteiger partial charge in [0.25, 0.3) is 0 Å². The van der Waals surface area contributed by atoms with Crippen molar-refractivity contribution in [1.82, 2.24) is 14.7 Å². The molecule has 2 heterocycles. The Morgan fingerprint density at radius 1 is 1.40 bits per heavy atom. The van der Waals surface area contributed by atoms with Crippen molar-refractivity contribution in [3.8, 4) is 6.07 Å². The molecule has 1 N–H and O–H groups in total. The van der Waals surface area contributed by atoms with E-state index < -0.39 is 0 Å². The predicted octanol–water partition coefficient (Wildman–Crippen LogP) is 1.41. The highest BCUT2D eigenvalue weighted by Crippen LogP contribution is 2.19. The topological polar surface area (TPSA) is 74.0 Å². The maximum atomic E-state index is 12.4. The maximum absolute atomic E-state index is 12.4. The molecule has 1 saturated heterocycles. The van der Waals surface area contributed by atoms with E-state index in [1.807, 2.05) is 11.8 Å².